The van der Waals surface area contributed by atoms with E-state index in [2.05, 4.69) is 12.2 Å². The van der Waals surface area contributed by atoms with E-state index < -0.39 is 35.4 Å². The highest BCUT2D eigenvalue weighted by molar-refractivity contribution is 5.92. The number of halogens is 1. The molecule has 1 amide bonds. The quantitative estimate of drug-likeness (QED) is 0.0673. The molecule has 0 radical (unpaired) electrons. The van der Waals surface area contributed by atoms with Gasteiger partial charge in [-0.05, 0) is 49.3 Å². The van der Waals surface area contributed by atoms with Gasteiger partial charge in [0.25, 0.3) is 0 Å². The molecule has 0 aliphatic carbocycles. The van der Waals surface area contributed by atoms with Crippen molar-refractivity contribution in [1.29, 1.82) is 0 Å². The molecule has 0 fully saturated rings. The molecular formula is C38H52FNO7. The molecule has 47 heavy (non-hydrogen) atoms. The smallest absolute Gasteiger partial charge is 0.336 e. The molecular weight excluding hydrogens is 601 g/mol. The summed E-state index contributed by atoms with van der Waals surface area (Å²) in [6, 6.07) is 11.5. The van der Waals surface area contributed by atoms with Crippen molar-refractivity contribution in [1.82, 2.24) is 5.32 Å². The zero-order valence-electron chi connectivity index (χ0n) is 27.9. The molecule has 4 N–H and O–H groups in total. The Hall–Kier alpha value is -3.85. The third-order valence-corrected chi connectivity index (χ3v) is 8.46. The predicted molar refractivity (Wildman–Crippen MR) is 181 cm³/mol. The fraction of sp³-hybridized carbons (Fsp3) is 0.526. The topological polar surface area (TPSA) is 141 Å². The van der Waals surface area contributed by atoms with Gasteiger partial charge in [0.05, 0.1) is 5.92 Å². The van der Waals surface area contributed by atoms with Gasteiger partial charge in [0, 0.05) is 24.8 Å². The van der Waals surface area contributed by atoms with Crippen molar-refractivity contribution in [2.75, 3.05) is 0 Å². The van der Waals surface area contributed by atoms with Gasteiger partial charge in [0.1, 0.15) is 17.6 Å². The Morgan fingerprint density at radius 3 is 2.02 bits per heavy atom. The van der Waals surface area contributed by atoms with Crippen LogP contribution in [0.2, 0.25) is 0 Å². The van der Waals surface area contributed by atoms with E-state index >= 15 is 0 Å². The Kier molecular flexibility index (Phi) is 17.7. The number of nitrogens with one attached hydrogen (secondary N) is 1. The second kappa shape index (κ2) is 21.1. The molecule has 9 heteroatoms. The lowest BCUT2D eigenvalue weighted by Crippen LogP contribution is -2.54. The number of ketones is 1. The molecule has 0 aromatic heterocycles. The average Bonchev–Trinajstić information content (AvgIpc) is 3.04. The summed E-state index contributed by atoms with van der Waals surface area (Å²) < 4.78 is 14.2. The molecule has 0 aliphatic rings. The second-order valence-corrected chi connectivity index (χ2v) is 12.3. The Balaban J connectivity index is 1.99. The summed E-state index contributed by atoms with van der Waals surface area (Å²) in [4.78, 5) is 49.8. The standard InChI is InChI=1S/C38H52FNO7/c1-3-5-6-9-12-17-30(41)18-13-10-7-8-11-14-20-32(38(47,26-4-2)37(45)46)35(42)40-34(36(43)44)27-28-22-24-29(25-23-28)31-19-15-16-21-33(31)39/h14-16,19-25,32,34,47H,3-13,17-18,26-27H2,1-2H3,(H,40,42)(H,43,44)(H,45,46)/t32-,34+,38+/m1/s1. The van der Waals surface area contributed by atoms with Gasteiger partial charge in [0.2, 0.25) is 5.91 Å². The summed E-state index contributed by atoms with van der Waals surface area (Å²) in [6.45, 7) is 3.85. The number of carboxylic acids is 2. The van der Waals surface area contributed by atoms with E-state index in [1.165, 1.54) is 31.4 Å². The zero-order valence-corrected chi connectivity index (χ0v) is 27.9. The lowest BCUT2D eigenvalue weighted by molar-refractivity contribution is -0.167. The molecule has 2 aromatic carbocycles. The van der Waals surface area contributed by atoms with E-state index in [0.717, 1.165) is 38.5 Å². The number of aliphatic carboxylic acids is 2. The number of unbranched alkanes of at least 4 members (excludes halogenated alkanes) is 8. The maximum Gasteiger partial charge on any atom is 0.336 e. The number of benzene rings is 2. The van der Waals surface area contributed by atoms with Crippen molar-refractivity contribution in [3.8, 4) is 11.1 Å². The van der Waals surface area contributed by atoms with Crippen molar-refractivity contribution in [2.24, 2.45) is 5.92 Å². The molecule has 8 nitrogen and oxygen atoms in total. The van der Waals surface area contributed by atoms with Crippen LogP contribution >= 0.6 is 0 Å². The summed E-state index contributed by atoms with van der Waals surface area (Å²) in [7, 11) is 0. The van der Waals surface area contributed by atoms with E-state index in [-0.39, 0.29) is 25.1 Å². The van der Waals surface area contributed by atoms with E-state index in [1.807, 2.05) is 0 Å². The van der Waals surface area contributed by atoms with E-state index in [9.17, 15) is 38.9 Å². The normalized spacial score (nSPS) is 14.0. The lowest BCUT2D eigenvalue weighted by Gasteiger charge is -2.30. The van der Waals surface area contributed by atoms with Gasteiger partial charge in [-0.2, -0.15) is 0 Å². The minimum atomic E-state index is -2.42. The van der Waals surface area contributed by atoms with E-state index in [0.29, 0.717) is 41.7 Å². The largest absolute Gasteiger partial charge is 0.480 e. The highest BCUT2D eigenvalue weighted by atomic mass is 19.1. The molecule has 2 rings (SSSR count). The molecule has 3 atom stereocenters. The SMILES string of the molecule is CCCCCCCC(=O)CCCCCCC=C[C@H](C(=O)N[C@@H](Cc1ccc(-c2ccccc2F)cc1)C(=O)O)[C@@](O)(CCC)C(=O)O. The molecule has 0 spiro atoms. The van der Waals surface area contributed by atoms with Crippen LogP contribution in [-0.2, 0) is 25.6 Å². The van der Waals surface area contributed by atoms with Crippen LogP contribution in [0.5, 0.6) is 0 Å². The Bertz CT molecular complexity index is 1310. The number of hydrogen-bond donors (Lipinski definition) is 4. The van der Waals surface area contributed by atoms with Crippen LogP contribution < -0.4 is 5.32 Å². The van der Waals surface area contributed by atoms with Crippen molar-refractivity contribution >= 4 is 23.6 Å². The van der Waals surface area contributed by atoms with Crippen LogP contribution in [0.15, 0.2) is 60.7 Å². The Labute approximate surface area is 278 Å². The monoisotopic (exact) mass is 653 g/mol. The first-order valence-electron chi connectivity index (χ1n) is 17.0. The first-order chi connectivity index (χ1) is 22.5. The van der Waals surface area contributed by atoms with Gasteiger partial charge in [0.15, 0.2) is 5.60 Å². The first-order valence-corrected chi connectivity index (χ1v) is 17.0. The number of carboxylic acid groups (broad SMARTS) is 2. The predicted octanol–water partition coefficient (Wildman–Crippen LogP) is 7.66. The van der Waals surface area contributed by atoms with Gasteiger partial charge in [-0.1, -0.05) is 113 Å². The summed E-state index contributed by atoms with van der Waals surface area (Å²) in [5.41, 5.74) is -0.836. The van der Waals surface area contributed by atoms with Crippen LogP contribution in [0.4, 0.5) is 4.39 Å². The van der Waals surface area contributed by atoms with E-state index in [4.69, 9.17) is 0 Å². The van der Waals surface area contributed by atoms with Crippen molar-refractivity contribution in [3.63, 3.8) is 0 Å². The van der Waals surface area contributed by atoms with Crippen LogP contribution in [0.3, 0.4) is 0 Å². The maximum absolute atomic E-state index is 14.2. The molecule has 0 saturated heterocycles. The fourth-order valence-electron chi connectivity index (χ4n) is 5.67. The number of carbonyl (C=O) groups excluding carboxylic acids is 2. The van der Waals surface area contributed by atoms with E-state index in [1.54, 1.807) is 55.5 Å². The number of amides is 1. The van der Waals surface area contributed by atoms with Crippen LogP contribution in [-0.4, -0.2) is 50.6 Å². The summed E-state index contributed by atoms with van der Waals surface area (Å²) in [5, 5.41) is 33.4. The second-order valence-electron chi connectivity index (χ2n) is 12.3. The lowest BCUT2D eigenvalue weighted by atomic mass is 9.82. The van der Waals surface area contributed by atoms with Gasteiger partial charge >= 0.3 is 11.9 Å². The Morgan fingerprint density at radius 1 is 0.830 bits per heavy atom. The number of hydrogen-bond acceptors (Lipinski definition) is 5. The number of aliphatic hydroxyl groups is 1. The average molecular weight is 654 g/mol. The minimum absolute atomic E-state index is 0.101. The highest BCUT2D eigenvalue weighted by Gasteiger charge is 2.46. The van der Waals surface area contributed by atoms with Crippen LogP contribution in [0.1, 0.15) is 109 Å². The third-order valence-electron chi connectivity index (χ3n) is 8.46. The number of carbonyl (C=O) groups is 4. The van der Waals surface area contributed by atoms with Gasteiger partial charge in [-0.3, -0.25) is 9.59 Å². The molecule has 0 heterocycles. The maximum atomic E-state index is 14.2. The number of Topliss-reactive ketones (excluding diaryl/α,β-unsaturated/α-hetero) is 1. The van der Waals surface area contributed by atoms with Gasteiger partial charge < -0.3 is 20.6 Å². The van der Waals surface area contributed by atoms with Gasteiger partial charge in [-0.15, -0.1) is 0 Å². The molecule has 0 unspecified atom stereocenters. The fourth-order valence-corrected chi connectivity index (χ4v) is 5.67. The third kappa shape index (κ3) is 13.4. The summed E-state index contributed by atoms with van der Waals surface area (Å²) in [5.74, 6) is -5.37. The van der Waals surface area contributed by atoms with Crippen LogP contribution in [0, 0.1) is 11.7 Å². The zero-order chi connectivity index (χ0) is 34.7. The number of allylic oxidation sites excluding steroid dienone is 1. The van der Waals surface area contributed by atoms with Crippen LogP contribution in [0.25, 0.3) is 11.1 Å². The molecule has 0 saturated carbocycles. The van der Waals surface area contributed by atoms with Gasteiger partial charge in [-0.25, -0.2) is 14.0 Å². The first kappa shape index (κ1) is 39.3. The molecule has 2 aromatic rings. The molecule has 0 bridgehead atoms. The Morgan fingerprint density at radius 2 is 1.45 bits per heavy atom. The highest BCUT2D eigenvalue weighted by Crippen LogP contribution is 2.27. The summed E-state index contributed by atoms with van der Waals surface area (Å²) >= 11 is 0. The van der Waals surface area contributed by atoms with Crippen molar-refractivity contribution in [2.45, 2.75) is 122 Å². The molecule has 258 valence electrons. The van der Waals surface area contributed by atoms with Crippen molar-refractivity contribution in [3.05, 3.63) is 72.1 Å². The minimum Gasteiger partial charge on any atom is -0.480 e. The molecule has 0 aliphatic heterocycles. The summed E-state index contributed by atoms with van der Waals surface area (Å²) in [6.07, 6.45) is 13.7. The number of rotatable bonds is 24. The van der Waals surface area contributed by atoms with Crippen molar-refractivity contribution < 1.29 is 38.9 Å².